The third-order valence-corrected chi connectivity index (χ3v) is 2.46. The Hall–Kier alpha value is -1.43. The molecule has 2 heterocycles. The topological polar surface area (TPSA) is 55.6 Å². The Morgan fingerprint density at radius 1 is 1.50 bits per heavy atom. The van der Waals surface area contributed by atoms with Crippen LogP contribution < -0.4 is 5.32 Å². The van der Waals surface area contributed by atoms with Crippen LogP contribution in [0.5, 0.6) is 0 Å². The molecular weight excluding hydrogens is 198 g/mol. The summed E-state index contributed by atoms with van der Waals surface area (Å²) in [5.74, 6) is 0. The van der Waals surface area contributed by atoms with Crippen LogP contribution in [-0.2, 0) is 13.1 Å². The zero-order valence-corrected chi connectivity index (χ0v) is 8.66. The summed E-state index contributed by atoms with van der Waals surface area (Å²) in [7, 11) is 0. The largest absolute Gasteiger partial charge is 0.370 e. The molecule has 0 saturated heterocycles. The molecule has 2 aromatic rings. The highest BCUT2D eigenvalue weighted by Gasteiger charge is 1.98. The molecule has 2 aromatic heterocycles. The third-order valence-electron chi connectivity index (χ3n) is 1.84. The Morgan fingerprint density at radius 2 is 2.43 bits per heavy atom. The van der Waals surface area contributed by atoms with Crippen LogP contribution in [0.3, 0.4) is 0 Å². The van der Waals surface area contributed by atoms with Crippen LogP contribution in [0.1, 0.15) is 12.5 Å². The maximum absolute atomic E-state index is 4.18. The van der Waals surface area contributed by atoms with Gasteiger partial charge >= 0.3 is 0 Å². The minimum Gasteiger partial charge on any atom is -0.370 e. The first-order chi connectivity index (χ1) is 6.88. The zero-order valence-electron chi connectivity index (χ0n) is 7.84. The Morgan fingerprint density at radius 3 is 3.07 bits per heavy atom. The molecule has 2 rings (SSSR count). The summed E-state index contributed by atoms with van der Waals surface area (Å²) in [5, 5.41) is 12.1. The minimum absolute atomic E-state index is 0.768. The van der Waals surface area contributed by atoms with Crippen molar-refractivity contribution in [1.29, 1.82) is 0 Å². The summed E-state index contributed by atoms with van der Waals surface area (Å²) >= 11 is 1.36. The second-order valence-corrected chi connectivity index (χ2v) is 3.63. The number of aryl methyl sites for hydroxylation is 1. The zero-order chi connectivity index (χ0) is 9.80. The molecule has 6 heteroatoms. The molecule has 0 spiro atoms. The van der Waals surface area contributed by atoms with Gasteiger partial charge in [-0.15, -0.1) is 5.10 Å². The lowest BCUT2D eigenvalue weighted by atomic mass is 10.4. The van der Waals surface area contributed by atoms with Gasteiger partial charge in [-0.3, -0.25) is 4.68 Å². The Balaban J connectivity index is 1.92. The monoisotopic (exact) mass is 209 g/mol. The number of anilines is 1. The van der Waals surface area contributed by atoms with E-state index in [0.717, 1.165) is 18.1 Å². The number of hydrogen-bond acceptors (Lipinski definition) is 5. The van der Waals surface area contributed by atoms with Gasteiger partial charge in [0, 0.05) is 36.4 Å². The van der Waals surface area contributed by atoms with E-state index >= 15 is 0 Å². The molecular formula is C8H11N5S. The van der Waals surface area contributed by atoms with Crippen LogP contribution >= 0.6 is 11.5 Å². The number of nitrogens with zero attached hydrogens (tertiary/aromatic N) is 4. The van der Waals surface area contributed by atoms with Crippen molar-refractivity contribution in [3.05, 3.63) is 24.2 Å². The lowest BCUT2D eigenvalue weighted by molar-refractivity contribution is 0.659. The van der Waals surface area contributed by atoms with Crippen molar-refractivity contribution >= 4 is 16.5 Å². The average Bonchev–Trinajstić information content (AvgIpc) is 2.86. The van der Waals surface area contributed by atoms with E-state index in [0.29, 0.717) is 0 Å². The quantitative estimate of drug-likeness (QED) is 0.826. The second kappa shape index (κ2) is 4.19. The Kier molecular flexibility index (Phi) is 2.73. The fraction of sp³-hybridized carbons (Fsp3) is 0.375. The van der Waals surface area contributed by atoms with Gasteiger partial charge in [0.15, 0.2) is 0 Å². The molecule has 0 unspecified atom stereocenters. The molecule has 0 bridgehead atoms. The molecule has 0 aliphatic carbocycles. The highest BCUT2D eigenvalue weighted by Crippen LogP contribution is 2.10. The van der Waals surface area contributed by atoms with Crippen LogP contribution in [-0.4, -0.2) is 19.4 Å². The van der Waals surface area contributed by atoms with Crippen LogP contribution in [0.25, 0.3) is 0 Å². The van der Waals surface area contributed by atoms with Crippen molar-refractivity contribution in [3.8, 4) is 0 Å². The van der Waals surface area contributed by atoms with E-state index in [9.17, 15) is 0 Å². The number of hydrogen-bond donors (Lipinski definition) is 1. The van der Waals surface area contributed by atoms with E-state index < -0.39 is 0 Å². The first-order valence-corrected chi connectivity index (χ1v) is 5.18. The molecule has 5 nitrogen and oxygen atoms in total. The van der Waals surface area contributed by atoms with E-state index in [2.05, 4.69) is 26.9 Å². The molecule has 0 fully saturated rings. The molecule has 0 atom stereocenters. The van der Waals surface area contributed by atoms with E-state index in [4.69, 9.17) is 0 Å². The van der Waals surface area contributed by atoms with Crippen molar-refractivity contribution in [2.45, 2.75) is 20.0 Å². The SMILES string of the molecule is CCn1cc(CNc2cnns2)cn1. The standard InChI is InChI=1S/C8H11N5S/c1-2-13-6-7(4-11-13)3-9-8-5-10-12-14-8/h4-6,9H,2-3H2,1H3. The van der Waals surface area contributed by atoms with Crippen LogP contribution in [0, 0.1) is 0 Å². The van der Waals surface area contributed by atoms with Crippen LogP contribution in [0.4, 0.5) is 5.00 Å². The van der Waals surface area contributed by atoms with Crippen molar-refractivity contribution in [3.63, 3.8) is 0 Å². The molecule has 14 heavy (non-hydrogen) atoms. The molecule has 0 aliphatic rings. The predicted molar refractivity (Wildman–Crippen MR) is 55.1 cm³/mol. The molecule has 0 aromatic carbocycles. The second-order valence-electron chi connectivity index (χ2n) is 2.84. The van der Waals surface area contributed by atoms with Gasteiger partial charge in [0.25, 0.3) is 0 Å². The summed E-state index contributed by atoms with van der Waals surface area (Å²) in [6.45, 7) is 3.74. The maximum atomic E-state index is 4.18. The summed E-state index contributed by atoms with van der Waals surface area (Å²) in [6, 6.07) is 0. The van der Waals surface area contributed by atoms with Gasteiger partial charge in [0.05, 0.1) is 12.4 Å². The molecule has 0 saturated carbocycles. The Bertz CT molecular complexity index is 380. The first-order valence-electron chi connectivity index (χ1n) is 4.41. The highest BCUT2D eigenvalue weighted by atomic mass is 32.1. The average molecular weight is 209 g/mol. The molecule has 0 amide bonds. The van der Waals surface area contributed by atoms with E-state index in [1.807, 2.05) is 17.1 Å². The lowest BCUT2D eigenvalue weighted by Crippen LogP contribution is -1.96. The first kappa shape index (κ1) is 9.14. The van der Waals surface area contributed by atoms with Gasteiger partial charge in [0.2, 0.25) is 0 Å². The maximum Gasteiger partial charge on any atom is 0.130 e. The van der Waals surface area contributed by atoms with Crippen molar-refractivity contribution < 1.29 is 0 Å². The summed E-state index contributed by atoms with van der Waals surface area (Å²) in [6.07, 6.45) is 5.61. The van der Waals surface area contributed by atoms with Gasteiger partial charge in [-0.1, -0.05) is 4.49 Å². The minimum atomic E-state index is 0.768. The summed E-state index contributed by atoms with van der Waals surface area (Å²) in [5.41, 5.74) is 1.17. The van der Waals surface area contributed by atoms with Gasteiger partial charge < -0.3 is 5.32 Å². The van der Waals surface area contributed by atoms with Crippen LogP contribution in [0.15, 0.2) is 18.6 Å². The van der Waals surface area contributed by atoms with Gasteiger partial charge in [-0.2, -0.15) is 5.10 Å². The summed E-state index contributed by atoms with van der Waals surface area (Å²) in [4.78, 5) is 0. The van der Waals surface area contributed by atoms with Gasteiger partial charge in [0.1, 0.15) is 5.00 Å². The van der Waals surface area contributed by atoms with Gasteiger partial charge in [-0.05, 0) is 6.92 Å². The Labute approximate surface area is 85.9 Å². The summed E-state index contributed by atoms with van der Waals surface area (Å²) < 4.78 is 5.67. The van der Waals surface area contributed by atoms with Crippen molar-refractivity contribution in [2.75, 3.05) is 5.32 Å². The van der Waals surface area contributed by atoms with Crippen molar-refractivity contribution in [1.82, 2.24) is 19.4 Å². The van der Waals surface area contributed by atoms with E-state index in [-0.39, 0.29) is 0 Å². The van der Waals surface area contributed by atoms with E-state index in [1.54, 1.807) is 6.20 Å². The molecule has 0 aliphatic heterocycles. The fourth-order valence-corrected chi connectivity index (χ4v) is 1.52. The van der Waals surface area contributed by atoms with Crippen molar-refractivity contribution in [2.24, 2.45) is 0 Å². The molecule has 1 N–H and O–H groups in total. The van der Waals surface area contributed by atoms with E-state index in [1.165, 1.54) is 17.1 Å². The predicted octanol–water partition coefficient (Wildman–Crippen LogP) is 1.37. The van der Waals surface area contributed by atoms with Gasteiger partial charge in [-0.25, -0.2) is 0 Å². The molecule has 74 valence electrons. The normalized spacial score (nSPS) is 10.4. The third kappa shape index (κ3) is 2.08. The fourth-order valence-electron chi connectivity index (χ4n) is 1.10. The molecule has 0 radical (unpaired) electrons. The van der Waals surface area contributed by atoms with Crippen LogP contribution in [0.2, 0.25) is 0 Å². The number of rotatable bonds is 4. The number of aromatic nitrogens is 4. The number of nitrogens with one attached hydrogen (secondary N) is 1. The smallest absolute Gasteiger partial charge is 0.130 e. The lowest BCUT2D eigenvalue weighted by Gasteiger charge is -1.97. The highest BCUT2D eigenvalue weighted by molar-refractivity contribution is 7.09.